The Kier molecular flexibility index (Phi) is 3.96. The number of aromatic nitrogens is 1. The molecule has 0 saturated heterocycles. The number of nitrogens with zero attached hydrogens (tertiary/aromatic N) is 1. The minimum Gasteiger partial charge on any atom is -0.312 e. The summed E-state index contributed by atoms with van der Waals surface area (Å²) in [5.74, 6) is 1.09. The van der Waals surface area contributed by atoms with E-state index in [0.29, 0.717) is 16.7 Å². The van der Waals surface area contributed by atoms with Crippen molar-refractivity contribution in [3.05, 3.63) is 16.1 Å². The first kappa shape index (κ1) is 13.8. The van der Waals surface area contributed by atoms with Crippen molar-refractivity contribution in [1.82, 2.24) is 10.3 Å². The highest BCUT2D eigenvalue weighted by Gasteiger charge is 2.36. The molecule has 3 atom stereocenters. The standard InChI is InChI=1S/C12H17F3N2S/c1-7-3-4-8(5-7)10(16-2)9-6-17-11(18-9)12(13,14)15/h6-8,10,16H,3-5H2,1-2H3. The summed E-state index contributed by atoms with van der Waals surface area (Å²) in [5.41, 5.74) is 0. The molecule has 6 heteroatoms. The van der Waals surface area contributed by atoms with E-state index in [9.17, 15) is 13.2 Å². The van der Waals surface area contributed by atoms with Crippen molar-refractivity contribution >= 4 is 11.3 Å². The second-order valence-electron chi connectivity index (χ2n) is 5.01. The zero-order chi connectivity index (χ0) is 13.3. The monoisotopic (exact) mass is 278 g/mol. The van der Waals surface area contributed by atoms with Crippen LogP contribution in [0.15, 0.2) is 6.20 Å². The minimum absolute atomic E-state index is 0.00329. The molecule has 1 N–H and O–H groups in total. The third kappa shape index (κ3) is 2.85. The predicted octanol–water partition coefficient (Wildman–Crippen LogP) is 3.86. The molecule has 1 aromatic heterocycles. The van der Waals surface area contributed by atoms with Crippen molar-refractivity contribution in [3.8, 4) is 0 Å². The molecule has 1 aliphatic rings. The maximum absolute atomic E-state index is 12.5. The van der Waals surface area contributed by atoms with Gasteiger partial charge < -0.3 is 5.32 Å². The summed E-state index contributed by atoms with van der Waals surface area (Å²) >= 11 is 0.762. The van der Waals surface area contributed by atoms with E-state index in [1.54, 1.807) is 7.05 Å². The average Bonchev–Trinajstić information content (AvgIpc) is 2.88. The lowest BCUT2D eigenvalue weighted by molar-refractivity contribution is -0.137. The van der Waals surface area contributed by atoms with Crippen molar-refractivity contribution in [2.24, 2.45) is 11.8 Å². The fourth-order valence-corrected chi connectivity index (χ4v) is 3.71. The first-order valence-electron chi connectivity index (χ1n) is 6.12. The lowest BCUT2D eigenvalue weighted by atomic mass is 9.96. The van der Waals surface area contributed by atoms with Crippen LogP contribution in [-0.2, 0) is 6.18 Å². The molecule has 0 aliphatic heterocycles. The normalized spacial score (nSPS) is 26.5. The molecule has 1 saturated carbocycles. The topological polar surface area (TPSA) is 24.9 Å². The molecule has 1 heterocycles. The van der Waals surface area contributed by atoms with Gasteiger partial charge in [-0.1, -0.05) is 13.3 Å². The Bertz CT molecular complexity index is 402. The third-order valence-electron chi connectivity index (χ3n) is 3.59. The quantitative estimate of drug-likeness (QED) is 0.908. The van der Waals surface area contributed by atoms with E-state index in [-0.39, 0.29) is 6.04 Å². The Balaban J connectivity index is 2.15. The van der Waals surface area contributed by atoms with E-state index < -0.39 is 11.2 Å². The van der Waals surface area contributed by atoms with E-state index in [4.69, 9.17) is 0 Å². The van der Waals surface area contributed by atoms with Crippen molar-refractivity contribution in [2.45, 2.75) is 38.4 Å². The van der Waals surface area contributed by atoms with Crippen molar-refractivity contribution in [3.63, 3.8) is 0 Å². The van der Waals surface area contributed by atoms with Gasteiger partial charge in [-0.3, -0.25) is 0 Å². The number of halogens is 3. The number of alkyl halides is 3. The lowest BCUT2D eigenvalue weighted by Crippen LogP contribution is -2.22. The molecule has 0 bridgehead atoms. The van der Waals surface area contributed by atoms with Crippen LogP contribution in [0.3, 0.4) is 0 Å². The summed E-state index contributed by atoms with van der Waals surface area (Å²) in [7, 11) is 1.81. The maximum atomic E-state index is 12.5. The summed E-state index contributed by atoms with van der Waals surface area (Å²) in [6.45, 7) is 2.19. The highest BCUT2D eigenvalue weighted by Crippen LogP contribution is 2.42. The van der Waals surface area contributed by atoms with Gasteiger partial charge in [0.1, 0.15) is 0 Å². The Morgan fingerprint density at radius 1 is 1.44 bits per heavy atom. The van der Waals surface area contributed by atoms with Gasteiger partial charge in [0, 0.05) is 17.1 Å². The van der Waals surface area contributed by atoms with Crippen LogP contribution in [-0.4, -0.2) is 12.0 Å². The van der Waals surface area contributed by atoms with Crippen LogP contribution in [0.25, 0.3) is 0 Å². The van der Waals surface area contributed by atoms with Gasteiger partial charge in [-0.05, 0) is 31.7 Å². The molecule has 2 rings (SSSR count). The first-order chi connectivity index (χ1) is 8.41. The highest BCUT2D eigenvalue weighted by atomic mass is 32.1. The van der Waals surface area contributed by atoms with Gasteiger partial charge >= 0.3 is 6.18 Å². The molecule has 0 spiro atoms. The molecule has 0 aromatic carbocycles. The van der Waals surface area contributed by atoms with Gasteiger partial charge in [0.05, 0.1) is 0 Å². The SMILES string of the molecule is CNC(c1cnc(C(F)(F)F)s1)C1CCC(C)C1. The largest absolute Gasteiger partial charge is 0.443 e. The summed E-state index contributed by atoms with van der Waals surface area (Å²) in [6.07, 6.45) is 0.353. The molecule has 0 radical (unpaired) electrons. The third-order valence-corrected chi connectivity index (χ3v) is 4.72. The fourth-order valence-electron chi connectivity index (χ4n) is 2.73. The second kappa shape index (κ2) is 5.17. The molecule has 18 heavy (non-hydrogen) atoms. The van der Waals surface area contributed by atoms with Gasteiger partial charge in [0.25, 0.3) is 0 Å². The van der Waals surface area contributed by atoms with Crippen LogP contribution in [0.1, 0.15) is 42.1 Å². The van der Waals surface area contributed by atoms with Crippen LogP contribution >= 0.6 is 11.3 Å². The Morgan fingerprint density at radius 3 is 2.61 bits per heavy atom. The van der Waals surface area contributed by atoms with Gasteiger partial charge in [-0.2, -0.15) is 13.2 Å². The van der Waals surface area contributed by atoms with Crippen molar-refractivity contribution in [2.75, 3.05) is 7.05 Å². The number of thiazole rings is 1. The van der Waals surface area contributed by atoms with E-state index in [0.717, 1.165) is 30.6 Å². The van der Waals surface area contributed by atoms with E-state index in [1.807, 2.05) is 0 Å². The summed E-state index contributed by atoms with van der Waals surface area (Å²) in [6, 6.07) is 0.00329. The molecule has 102 valence electrons. The molecule has 2 nitrogen and oxygen atoms in total. The van der Waals surface area contributed by atoms with Gasteiger partial charge in [-0.15, -0.1) is 11.3 Å². The van der Waals surface area contributed by atoms with Gasteiger partial charge in [0.2, 0.25) is 0 Å². The van der Waals surface area contributed by atoms with Gasteiger partial charge in [-0.25, -0.2) is 4.98 Å². The summed E-state index contributed by atoms with van der Waals surface area (Å²) < 4.78 is 37.6. The molecule has 1 fully saturated rings. The van der Waals surface area contributed by atoms with E-state index >= 15 is 0 Å². The summed E-state index contributed by atoms with van der Waals surface area (Å²) in [4.78, 5) is 4.20. The smallest absolute Gasteiger partial charge is 0.312 e. The van der Waals surface area contributed by atoms with E-state index in [1.165, 1.54) is 6.20 Å². The van der Waals surface area contributed by atoms with E-state index in [2.05, 4.69) is 17.2 Å². The average molecular weight is 278 g/mol. The number of rotatable bonds is 3. The van der Waals surface area contributed by atoms with Crippen LogP contribution < -0.4 is 5.32 Å². The summed E-state index contributed by atoms with van der Waals surface area (Å²) in [5, 5.41) is 2.40. The van der Waals surface area contributed by atoms with Crippen molar-refractivity contribution in [1.29, 1.82) is 0 Å². The molecule has 1 aromatic rings. The fraction of sp³-hybridized carbons (Fsp3) is 0.750. The van der Waals surface area contributed by atoms with Crippen LogP contribution in [0.4, 0.5) is 13.2 Å². The van der Waals surface area contributed by atoms with Gasteiger partial charge in [0.15, 0.2) is 5.01 Å². The second-order valence-corrected chi connectivity index (χ2v) is 6.07. The predicted molar refractivity (Wildman–Crippen MR) is 65.4 cm³/mol. The zero-order valence-electron chi connectivity index (χ0n) is 10.4. The highest BCUT2D eigenvalue weighted by molar-refractivity contribution is 7.11. The molecular formula is C12H17F3N2S. The molecule has 3 unspecified atom stereocenters. The lowest BCUT2D eigenvalue weighted by Gasteiger charge is -2.21. The van der Waals surface area contributed by atoms with Crippen LogP contribution in [0.2, 0.25) is 0 Å². The Hall–Kier alpha value is -0.620. The number of hydrogen-bond donors (Lipinski definition) is 1. The van der Waals surface area contributed by atoms with Crippen LogP contribution in [0, 0.1) is 11.8 Å². The number of hydrogen-bond acceptors (Lipinski definition) is 3. The molecular weight excluding hydrogens is 261 g/mol. The molecule has 1 aliphatic carbocycles. The number of nitrogens with one attached hydrogen (secondary N) is 1. The Morgan fingerprint density at radius 2 is 2.17 bits per heavy atom. The minimum atomic E-state index is -4.33. The maximum Gasteiger partial charge on any atom is 0.443 e. The Labute approximate surface area is 109 Å². The molecule has 0 amide bonds. The first-order valence-corrected chi connectivity index (χ1v) is 6.93. The van der Waals surface area contributed by atoms with Crippen LogP contribution in [0.5, 0.6) is 0 Å². The zero-order valence-corrected chi connectivity index (χ0v) is 11.2. The van der Waals surface area contributed by atoms with Crippen molar-refractivity contribution < 1.29 is 13.2 Å².